The van der Waals surface area contributed by atoms with Gasteiger partial charge in [-0.05, 0) is 29.7 Å². The van der Waals surface area contributed by atoms with Crippen LogP contribution in [-0.4, -0.2) is 32.3 Å². The summed E-state index contributed by atoms with van der Waals surface area (Å²) in [4.78, 5) is 0. The molecule has 2 aliphatic rings. The maximum Gasteiger partial charge on any atom is 0.453 e. The van der Waals surface area contributed by atoms with E-state index in [1.807, 2.05) is 0 Å². The van der Waals surface area contributed by atoms with Crippen molar-refractivity contribution in [2.75, 3.05) is 0 Å². The van der Waals surface area contributed by atoms with Gasteiger partial charge in [0.15, 0.2) is 0 Å². The Morgan fingerprint density at radius 2 is 2.12 bits per heavy atom. The molecule has 0 radical (unpaired) electrons. The second kappa shape index (κ2) is 3.16. The zero-order valence-corrected chi connectivity index (χ0v) is 8.28. The van der Waals surface area contributed by atoms with E-state index in [2.05, 4.69) is 20.8 Å². The fourth-order valence-corrected chi connectivity index (χ4v) is 2.67. The highest BCUT2D eigenvalue weighted by Crippen LogP contribution is 2.38. The largest absolute Gasteiger partial charge is 0.453 e. The SMILES string of the molecule is FC(F)(F)c1nnnn1C1CC2CCC1N2. The van der Waals surface area contributed by atoms with Crippen molar-refractivity contribution < 1.29 is 13.2 Å². The van der Waals surface area contributed by atoms with E-state index in [4.69, 9.17) is 0 Å². The molecule has 0 aromatic carbocycles. The summed E-state index contributed by atoms with van der Waals surface area (Å²) in [7, 11) is 0. The summed E-state index contributed by atoms with van der Waals surface area (Å²) >= 11 is 0. The van der Waals surface area contributed by atoms with E-state index < -0.39 is 12.0 Å². The minimum absolute atomic E-state index is 0.0783. The van der Waals surface area contributed by atoms with Crippen LogP contribution in [0.15, 0.2) is 0 Å². The van der Waals surface area contributed by atoms with Gasteiger partial charge in [-0.1, -0.05) is 0 Å². The topological polar surface area (TPSA) is 55.6 Å². The molecule has 2 fully saturated rings. The van der Waals surface area contributed by atoms with Gasteiger partial charge in [0.1, 0.15) is 0 Å². The zero-order chi connectivity index (χ0) is 11.3. The van der Waals surface area contributed by atoms with Crippen LogP contribution in [0.25, 0.3) is 0 Å². The van der Waals surface area contributed by atoms with Crippen LogP contribution in [0.3, 0.4) is 0 Å². The minimum atomic E-state index is -4.48. The van der Waals surface area contributed by atoms with E-state index in [1.54, 1.807) is 0 Å². The van der Waals surface area contributed by atoms with Gasteiger partial charge in [-0.25, -0.2) is 4.68 Å². The summed E-state index contributed by atoms with van der Waals surface area (Å²) in [6, 6.07) is 0.139. The number of hydrogen-bond acceptors (Lipinski definition) is 4. The lowest BCUT2D eigenvalue weighted by molar-refractivity contribution is -0.148. The fourth-order valence-electron chi connectivity index (χ4n) is 2.67. The van der Waals surface area contributed by atoms with E-state index in [9.17, 15) is 13.2 Å². The third-order valence-corrected chi connectivity index (χ3v) is 3.33. The normalized spacial score (nSPS) is 33.6. The van der Waals surface area contributed by atoms with Crippen LogP contribution >= 0.6 is 0 Å². The zero-order valence-electron chi connectivity index (χ0n) is 8.28. The maximum atomic E-state index is 12.6. The van der Waals surface area contributed by atoms with E-state index in [-0.39, 0.29) is 12.1 Å². The van der Waals surface area contributed by atoms with Crippen molar-refractivity contribution in [3.8, 4) is 0 Å². The molecule has 2 bridgehead atoms. The van der Waals surface area contributed by atoms with Gasteiger partial charge in [0.2, 0.25) is 0 Å². The highest BCUT2D eigenvalue weighted by molar-refractivity contribution is 5.03. The molecule has 16 heavy (non-hydrogen) atoms. The van der Waals surface area contributed by atoms with E-state index in [0.29, 0.717) is 12.5 Å². The van der Waals surface area contributed by atoms with Gasteiger partial charge in [0, 0.05) is 12.1 Å². The molecule has 1 aromatic rings. The quantitative estimate of drug-likeness (QED) is 0.778. The number of fused-ring (bicyclic) bond motifs is 2. The van der Waals surface area contributed by atoms with Crippen molar-refractivity contribution in [2.24, 2.45) is 0 Å². The average Bonchev–Trinajstić information content (AvgIpc) is 2.91. The van der Waals surface area contributed by atoms with Gasteiger partial charge in [-0.15, -0.1) is 5.10 Å². The van der Waals surface area contributed by atoms with E-state index >= 15 is 0 Å². The molecule has 88 valence electrons. The number of aromatic nitrogens is 4. The molecule has 3 rings (SSSR count). The van der Waals surface area contributed by atoms with Gasteiger partial charge in [-0.3, -0.25) is 0 Å². The molecular weight excluding hydrogens is 223 g/mol. The maximum absolute atomic E-state index is 12.6. The molecule has 3 heterocycles. The van der Waals surface area contributed by atoms with Crippen LogP contribution in [-0.2, 0) is 6.18 Å². The Kier molecular flexibility index (Phi) is 1.97. The lowest BCUT2D eigenvalue weighted by Gasteiger charge is -2.21. The molecule has 1 aromatic heterocycles. The summed E-state index contributed by atoms with van der Waals surface area (Å²) in [6.45, 7) is 0. The van der Waals surface area contributed by atoms with Crippen LogP contribution in [0, 0.1) is 0 Å². The first kappa shape index (κ1) is 10.0. The Balaban J connectivity index is 1.93. The van der Waals surface area contributed by atoms with Gasteiger partial charge < -0.3 is 5.32 Å². The molecule has 5 nitrogen and oxygen atoms in total. The van der Waals surface area contributed by atoms with E-state index in [1.165, 1.54) is 0 Å². The number of hydrogen-bond donors (Lipinski definition) is 1. The Bertz CT molecular complexity index is 401. The van der Waals surface area contributed by atoms with Gasteiger partial charge in [-0.2, -0.15) is 13.2 Å². The predicted molar refractivity (Wildman–Crippen MR) is 46.4 cm³/mol. The minimum Gasteiger partial charge on any atom is -0.309 e. The van der Waals surface area contributed by atoms with Crippen molar-refractivity contribution in [3.63, 3.8) is 0 Å². The van der Waals surface area contributed by atoms with Crippen LogP contribution in [0.1, 0.15) is 31.1 Å². The number of rotatable bonds is 1. The first-order valence-corrected chi connectivity index (χ1v) is 5.17. The van der Waals surface area contributed by atoms with Crippen molar-refractivity contribution >= 4 is 0 Å². The fraction of sp³-hybridized carbons (Fsp3) is 0.875. The summed E-state index contributed by atoms with van der Waals surface area (Å²) in [6.07, 6.45) is -1.87. The number of alkyl halides is 3. The smallest absolute Gasteiger partial charge is 0.309 e. The molecule has 2 aliphatic heterocycles. The lowest BCUT2D eigenvalue weighted by atomic mass is 9.95. The summed E-state index contributed by atoms with van der Waals surface area (Å²) in [5.74, 6) is -0.994. The number of nitrogens with one attached hydrogen (secondary N) is 1. The van der Waals surface area contributed by atoms with E-state index in [0.717, 1.165) is 17.5 Å². The summed E-state index contributed by atoms with van der Waals surface area (Å²) < 4.78 is 38.7. The van der Waals surface area contributed by atoms with Crippen LogP contribution in [0.2, 0.25) is 0 Å². The molecule has 0 aliphatic carbocycles. The van der Waals surface area contributed by atoms with Crippen molar-refractivity contribution in [3.05, 3.63) is 5.82 Å². The first-order chi connectivity index (χ1) is 7.55. The van der Waals surface area contributed by atoms with Crippen molar-refractivity contribution in [1.82, 2.24) is 25.5 Å². The number of nitrogens with zero attached hydrogens (tertiary/aromatic N) is 4. The third-order valence-electron chi connectivity index (χ3n) is 3.33. The van der Waals surface area contributed by atoms with Gasteiger partial charge in [0.05, 0.1) is 6.04 Å². The molecule has 3 unspecified atom stereocenters. The highest BCUT2D eigenvalue weighted by Gasteiger charge is 2.46. The number of tetrazole rings is 1. The van der Waals surface area contributed by atoms with Crippen LogP contribution in [0.5, 0.6) is 0 Å². The third kappa shape index (κ3) is 1.40. The van der Waals surface area contributed by atoms with Crippen LogP contribution < -0.4 is 5.32 Å². The second-order valence-corrected chi connectivity index (χ2v) is 4.30. The monoisotopic (exact) mass is 233 g/mol. The Hall–Kier alpha value is -1.18. The number of halogens is 3. The van der Waals surface area contributed by atoms with Crippen molar-refractivity contribution in [2.45, 2.75) is 43.6 Å². The summed E-state index contributed by atoms with van der Waals surface area (Å²) in [5.41, 5.74) is 0. The Labute approximate surface area is 89.0 Å². The Morgan fingerprint density at radius 3 is 2.69 bits per heavy atom. The highest BCUT2D eigenvalue weighted by atomic mass is 19.4. The average molecular weight is 233 g/mol. The molecule has 8 heteroatoms. The molecule has 1 N–H and O–H groups in total. The van der Waals surface area contributed by atoms with Crippen molar-refractivity contribution in [1.29, 1.82) is 0 Å². The first-order valence-electron chi connectivity index (χ1n) is 5.17. The molecule has 0 saturated carbocycles. The lowest BCUT2D eigenvalue weighted by Crippen LogP contribution is -2.29. The van der Waals surface area contributed by atoms with Gasteiger partial charge in [0.25, 0.3) is 5.82 Å². The Morgan fingerprint density at radius 1 is 1.31 bits per heavy atom. The standard InChI is InChI=1S/C8H10F3N5/c9-8(10,11)7-13-14-15-16(7)6-3-4-1-2-5(6)12-4/h4-6,12H,1-3H2. The molecule has 2 saturated heterocycles. The summed E-state index contributed by atoms with van der Waals surface area (Å²) in [5, 5.41) is 12.9. The van der Waals surface area contributed by atoms with Gasteiger partial charge >= 0.3 is 6.18 Å². The van der Waals surface area contributed by atoms with Crippen LogP contribution in [0.4, 0.5) is 13.2 Å². The molecular formula is C8H10F3N5. The molecule has 0 spiro atoms. The predicted octanol–water partition coefficient (Wildman–Crippen LogP) is 0.757. The second-order valence-electron chi connectivity index (χ2n) is 4.30. The molecule has 3 atom stereocenters. The molecule has 0 amide bonds.